The molecule has 0 saturated heterocycles. The minimum Gasteiger partial charge on any atom is -0.463 e. The highest BCUT2D eigenvalue weighted by Gasteiger charge is 2.24. The molecule has 4 nitrogen and oxygen atoms in total. The molecule has 0 radical (unpaired) electrons. The van der Waals surface area contributed by atoms with Gasteiger partial charge in [-0.1, -0.05) is 63.1 Å². The summed E-state index contributed by atoms with van der Waals surface area (Å²) in [5, 5.41) is 0. The van der Waals surface area contributed by atoms with E-state index in [1.165, 1.54) is 0 Å². The predicted octanol–water partition coefficient (Wildman–Crippen LogP) is 4.97. The second-order valence-corrected chi connectivity index (χ2v) is 8.52. The van der Waals surface area contributed by atoms with Gasteiger partial charge in [-0.05, 0) is 48.6 Å². The summed E-state index contributed by atoms with van der Waals surface area (Å²) in [6.07, 6.45) is 4.89. The number of aryl methyl sites for hydroxylation is 2. The van der Waals surface area contributed by atoms with Gasteiger partial charge in [0.25, 0.3) is 0 Å². The molecule has 0 aliphatic rings. The van der Waals surface area contributed by atoms with E-state index in [4.69, 9.17) is 4.74 Å². The molecule has 0 bridgehead atoms. The SMILES string of the molecule is CCCc1ccc(/C(=C\C(=O)OCC)S(=O)(=O)c2ccc(CCC)cc2)cc1. The third-order valence-electron chi connectivity index (χ3n) is 4.37. The molecule has 0 atom stereocenters. The zero-order chi connectivity index (χ0) is 20.6. The summed E-state index contributed by atoms with van der Waals surface area (Å²) in [5.74, 6) is -0.665. The van der Waals surface area contributed by atoms with Gasteiger partial charge in [0.05, 0.1) is 16.4 Å². The Balaban J connectivity index is 2.49. The van der Waals surface area contributed by atoms with Gasteiger partial charge >= 0.3 is 5.97 Å². The lowest BCUT2D eigenvalue weighted by Gasteiger charge is -2.11. The van der Waals surface area contributed by atoms with Crippen molar-refractivity contribution in [2.24, 2.45) is 0 Å². The summed E-state index contributed by atoms with van der Waals surface area (Å²) in [6.45, 7) is 6.04. The molecule has 0 heterocycles. The summed E-state index contributed by atoms with van der Waals surface area (Å²) in [5.41, 5.74) is 2.69. The van der Waals surface area contributed by atoms with E-state index in [-0.39, 0.29) is 16.4 Å². The van der Waals surface area contributed by atoms with Crippen molar-refractivity contribution >= 4 is 20.7 Å². The number of hydrogen-bond donors (Lipinski definition) is 0. The Bertz CT molecular complexity index is 908. The zero-order valence-electron chi connectivity index (χ0n) is 16.8. The number of hydrogen-bond acceptors (Lipinski definition) is 4. The van der Waals surface area contributed by atoms with E-state index in [0.717, 1.165) is 42.9 Å². The average Bonchev–Trinajstić information content (AvgIpc) is 2.68. The second-order valence-electron chi connectivity index (χ2n) is 6.60. The topological polar surface area (TPSA) is 60.4 Å². The normalized spacial score (nSPS) is 12.0. The first-order valence-corrected chi connectivity index (χ1v) is 11.2. The van der Waals surface area contributed by atoms with E-state index in [1.54, 1.807) is 31.2 Å². The van der Waals surface area contributed by atoms with Crippen molar-refractivity contribution in [3.63, 3.8) is 0 Å². The van der Waals surface area contributed by atoms with E-state index in [9.17, 15) is 13.2 Å². The standard InChI is InChI=1S/C23H28O4S/c1-4-7-18-9-13-20(14-10-18)22(17-23(24)27-6-3)28(25,26)21-15-11-19(8-5-2)12-16-21/h9-17H,4-8H2,1-3H3/b22-17+. The minimum atomic E-state index is -3.86. The molecule has 0 saturated carbocycles. The molecule has 0 fully saturated rings. The highest BCUT2D eigenvalue weighted by Crippen LogP contribution is 2.29. The number of esters is 1. The van der Waals surface area contributed by atoms with Crippen LogP contribution in [0.15, 0.2) is 59.5 Å². The van der Waals surface area contributed by atoms with Crippen molar-refractivity contribution in [1.29, 1.82) is 0 Å². The number of sulfone groups is 1. The van der Waals surface area contributed by atoms with Crippen LogP contribution in [0, 0.1) is 0 Å². The van der Waals surface area contributed by atoms with Crippen LogP contribution >= 0.6 is 0 Å². The number of carbonyl (C=O) groups is 1. The van der Waals surface area contributed by atoms with Gasteiger partial charge in [0.1, 0.15) is 0 Å². The smallest absolute Gasteiger partial charge is 0.332 e. The van der Waals surface area contributed by atoms with E-state index in [2.05, 4.69) is 13.8 Å². The quantitative estimate of drug-likeness (QED) is 0.440. The Morgan fingerprint density at radius 1 is 0.857 bits per heavy atom. The van der Waals surface area contributed by atoms with Crippen LogP contribution < -0.4 is 0 Å². The number of rotatable bonds is 9. The van der Waals surface area contributed by atoms with Gasteiger partial charge in [-0.25, -0.2) is 13.2 Å². The van der Waals surface area contributed by atoms with E-state index < -0.39 is 15.8 Å². The minimum absolute atomic E-state index is 0.0442. The van der Waals surface area contributed by atoms with E-state index in [1.807, 2.05) is 24.3 Å². The lowest BCUT2D eigenvalue weighted by molar-refractivity contribution is -0.137. The summed E-state index contributed by atoms with van der Waals surface area (Å²) < 4.78 is 31.5. The average molecular weight is 401 g/mol. The van der Waals surface area contributed by atoms with Crippen LogP contribution in [0.5, 0.6) is 0 Å². The summed E-state index contributed by atoms with van der Waals surface area (Å²) in [7, 11) is -3.86. The van der Waals surface area contributed by atoms with Crippen molar-refractivity contribution in [3.05, 3.63) is 71.3 Å². The summed E-state index contributed by atoms with van der Waals surface area (Å²) >= 11 is 0. The molecule has 0 aromatic heterocycles. The van der Waals surface area contributed by atoms with Crippen LogP contribution in [0.4, 0.5) is 0 Å². The Morgan fingerprint density at radius 2 is 1.36 bits per heavy atom. The first kappa shape index (κ1) is 21.9. The molecular weight excluding hydrogens is 372 g/mol. The molecule has 2 aromatic rings. The molecule has 28 heavy (non-hydrogen) atoms. The molecule has 0 aliphatic carbocycles. The van der Waals surface area contributed by atoms with E-state index >= 15 is 0 Å². The third kappa shape index (κ3) is 5.55. The number of carbonyl (C=O) groups excluding carboxylic acids is 1. The van der Waals surface area contributed by atoms with Crippen LogP contribution in [0.3, 0.4) is 0 Å². The molecule has 0 spiro atoms. The highest BCUT2D eigenvalue weighted by atomic mass is 32.2. The molecule has 0 aliphatic heterocycles. The molecule has 5 heteroatoms. The Morgan fingerprint density at radius 3 is 1.82 bits per heavy atom. The van der Waals surface area contributed by atoms with Crippen molar-refractivity contribution in [2.75, 3.05) is 6.61 Å². The molecule has 2 aromatic carbocycles. The fourth-order valence-corrected chi connectivity index (χ4v) is 4.43. The number of ether oxygens (including phenoxy) is 1. The second kappa shape index (κ2) is 10.2. The van der Waals surface area contributed by atoms with Crippen molar-refractivity contribution in [2.45, 2.75) is 51.3 Å². The highest BCUT2D eigenvalue weighted by molar-refractivity contribution is 8.00. The fraction of sp³-hybridized carbons (Fsp3) is 0.348. The van der Waals surface area contributed by atoms with Crippen LogP contribution in [0.25, 0.3) is 4.91 Å². The largest absolute Gasteiger partial charge is 0.463 e. The Labute approximate surface area is 168 Å². The van der Waals surface area contributed by atoms with Gasteiger partial charge in [0.2, 0.25) is 9.84 Å². The predicted molar refractivity (Wildman–Crippen MR) is 113 cm³/mol. The van der Waals surface area contributed by atoms with Crippen molar-refractivity contribution in [1.82, 2.24) is 0 Å². The third-order valence-corrected chi connectivity index (χ3v) is 6.20. The Kier molecular flexibility index (Phi) is 8.00. The van der Waals surface area contributed by atoms with Crippen LogP contribution in [-0.2, 0) is 32.2 Å². The van der Waals surface area contributed by atoms with Crippen LogP contribution in [0.2, 0.25) is 0 Å². The molecule has 150 valence electrons. The fourth-order valence-electron chi connectivity index (χ4n) is 2.98. The van der Waals surface area contributed by atoms with Gasteiger partial charge in [-0.3, -0.25) is 0 Å². The maximum absolute atomic E-state index is 13.3. The molecule has 0 unspecified atom stereocenters. The van der Waals surface area contributed by atoms with Crippen molar-refractivity contribution < 1.29 is 17.9 Å². The van der Waals surface area contributed by atoms with Crippen molar-refractivity contribution in [3.8, 4) is 0 Å². The van der Waals surface area contributed by atoms with Gasteiger partial charge in [-0.15, -0.1) is 0 Å². The Hall–Kier alpha value is -2.40. The van der Waals surface area contributed by atoms with Crippen LogP contribution in [-0.4, -0.2) is 21.0 Å². The lowest BCUT2D eigenvalue weighted by atomic mass is 10.1. The maximum Gasteiger partial charge on any atom is 0.332 e. The molecule has 2 rings (SSSR count). The zero-order valence-corrected chi connectivity index (χ0v) is 17.6. The lowest BCUT2D eigenvalue weighted by Crippen LogP contribution is -2.09. The van der Waals surface area contributed by atoms with Gasteiger partial charge < -0.3 is 4.74 Å². The first-order valence-electron chi connectivity index (χ1n) is 9.74. The van der Waals surface area contributed by atoms with Gasteiger partial charge in [0.15, 0.2) is 0 Å². The molecule has 0 N–H and O–H groups in total. The maximum atomic E-state index is 13.3. The van der Waals surface area contributed by atoms with Gasteiger partial charge in [0, 0.05) is 6.08 Å². The first-order chi connectivity index (χ1) is 13.4. The van der Waals surface area contributed by atoms with Gasteiger partial charge in [-0.2, -0.15) is 0 Å². The number of benzene rings is 2. The molecular formula is C23H28O4S. The monoisotopic (exact) mass is 400 g/mol. The summed E-state index contributed by atoms with van der Waals surface area (Å²) in [6, 6.07) is 14.1. The van der Waals surface area contributed by atoms with E-state index in [0.29, 0.717) is 5.56 Å². The van der Waals surface area contributed by atoms with Crippen LogP contribution in [0.1, 0.15) is 50.3 Å². The summed E-state index contributed by atoms with van der Waals surface area (Å²) in [4.78, 5) is 12.2. The molecule has 0 amide bonds.